The normalized spacial score (nSPS) is 21.2. The van der Waals surface area contributed by atoms with Crippen LogP contribution < -0.4 is 0 Å². The summed E-state index contributed by atoms with van der Waals surface area (Å²) in [5, 5.41) is 0. The van der Waals surface area contributed by atoms with Crippen LogP contribution in [0.5, 0.6) is 0 Å². The van der Waals surface area contributed by atoms with Crippen molar-refractivity contribution >= 4 is 12.4 Å². The van der Waals surface area contributed by atoms with Crippen LogP contribution in [0, 0.1) is 0 Å². The van der Waals surface area contributed by atoms with Crippen LogP contribution in [0.1, 0.15) is 12.8 Å². The summed E-state index contributed by atoms with van der Waals surface area (Å²) < 4.78 is 1.21. The van der Waals surface area contributed by atoms with E-state index in [2.05, 4.69) is 0 Å². The van der Waals surface area contributed by atoms with Gasteiger partial charge in [0.15, 0.2) is 0 Å². The molecule has 0 aliphatic heterocycles. The van der Waals surface area contributed by atoms with Gasteiger partial charge in [-0.2, -0.15) is 0 Å². The Labute approximate surface area is 48.4 Å². The molecular formula is C3H6ClZn. The molecule has 0 radical (unpaired) electrons. The fourth-order valence-corrected chi connectivity index (χ4v) is 0.612. The molecule has 1 aliphatic carbocycles. The molecule has 1 rings (SSSR count). The standard InChI is InChI=1S/C3H5.ClH.Zn/c1-2-3-1;;/h1H,2-3H2;1H;. The zero-order valence-electron chi connectivity index (χ0n) is 3.11. The molecule has 0 spiro atoms. The van der Waals surface area contributed by atoms with Gasteiger partial charge in [0.25, 0.3) is 0 Å². The first-order valence-electron chi connectivity index (χ1n) is 1.72. The average Bonchev–Trinajstić information content (AvgIpc) is 1.75. The minimum absolute atomic E-state index is 0. The van der Waals surface area contributed by atoms with Gasteiger partial charge >= 0.3 is 35.7 Å². The van der Waals surface area contributed by atoms with Crippen molar-refractivity contribution in [1.82, 2.24) is 0 Å². The fraction of sp³-hybridized carbons (Fsp3) is 1.00. The summed E-state index contributed by atoms with van der Waals surface area (Å²) in [7, 11) is 0. The van der Waals surface area contributed by atoms with E-state index in [1.807, 2.05) is 0 Å². The third-order valence-electron chi connectivity index (χ3n) is 0.697. The van der Waals surface area contributed by atoms with Gasteiger partial charge in [-0.25, -0.2) is 0 Å². The average molecular weight is 143 g/mol. The molecule has 0 unspecified atom stereocenters. The van der Waals surface area contributed by atoms with Crippen LogP contribution in [-0.2, 0) is 18.3 Å². The summed E-state index contributed by atoms with van der Waals surface area (Å²) in [6.07, 6.45) is 3.08. The maximum absolute atomic E-state index is 1.54. The second-order valence-corrected chi connectivity index (χ2v) is 3.87. The molecule has 0 aromatic rings. The van der Waals surface area contributed by atoms with Crippen LogP contribution >= 0.6 is 12.4 Å². The van der Waals surface area contributed by atoms with Gasteiger partial charge in [-0.3, -0.25) is 0 Å². The molecule has 0 N–H and O–H groups in total. The van der Waals surface area contributed by atoms with Gasteiger partial charge in [0.2, 0.25) is 0 Å². The zero-order chi connectivity index (χ0) is 2.99. The topological polar surface area (TPSA) is 0 Å². The Morgan fingerprint density at radius 2 is 1.60 bits per heavy atom. The summed E-state index contributed by atoms with van der Waals surface area (Å²) >= 11 is 1.54. The second-order valence-electron chi connectivity index (χ2n) is 1.44. The van der Waals surface area contributed by atoms with E-state index in [-0.39, 0.29) is 12.4 Å². The van der Waals surface area contributed by atoms with E-state index >= 15 is 0 Å². The Kier molecular flexibility index (Phi) is 2.54. The van der Waals surface area contributed by atoms with Crippen molar-refractivity contribution in [3.63, 3.8) is 0 Å². The molecule has 0 aromatic carbocycles. The molecule has 0 nitrogen and oxygen atoms in total. The Morgan fingerprint density at radius 1 is 1.40 bits per heavy atom. The number of hydrogen-bond acceptors (Lipinski definition) is 0. The fourth-order valence-electron chi connectivity index (χ4n) is 0.118. The van der Waals surface area contributed by atoms with Crippen molar-refractivity contribution in [3.8, 4) is 0 Å². The molecule has 0 heterocycles. The van der Waals surface area contributed by atoms with E-state index in [1.165, 1.54) is 4.51 Å². The van der Waals surface area contributed by atoms with Gasteiger partial charge in [0.05, 0.1) is 0 Å². The molecule has 5 heavy (non-hydrogen) atoms. The van der Waals surface area contributed by atoms with Crippen LogP contribution in [-0.4, -0.2) is 0 Å². The van der Waals surface area contributed by atoms with Crippen molar-refractivity contribution in [1.29, 1.82) is 0 Å². The minimum atomic E-state index is 0. The van der Waals surface area contributed by atoms with Gasteiger partial charge < -0.3 is 0 Å². The first-order chi connectivity index (χ1) is 1.89. The van der Waals surface area contributed by atoms with Crippen molar-refractivity contribution in [2.24, 2.45) is 0 Å². The van der Waals surface area contributed by atoms with Crippen LogP contribution in [0.4, 0.5) is 0 Å². The summed E-state index contributed by atoms with van der Waals surface area (Å²) in [6, 6.07) is 0. The monoisotopic (exact) mass is 141 g/mol. The Morgan fingerprint density at radius 3 is 1.60 bits per heavy atom. The molecule has 0 bridgehead atoms. The van der Waals surface area contributed by atoms with Crippen molar-refractivity contribution in [2.75, 3.05) is 0 Å². The summed E-state index contributed by atoms with van der Waals surface area (Å²) in [5.74, 6) is 0. The molecule has 1 fully saturated rings. The summed E-state index contributed by atoms with van der Waals surface area (Å²) in [4.78, 5) is 0. The van der Waals surface area contributed by atoms with E-state index in [0.717, 1.165) is 0 Å². The van der Waals surface area contributed by atoms with Crippen LogP contribution in [0.2, 0.25) is 4.51 Å². The second kappa shape index (κ2) is 2.15. The van der Waals surface area contributed by atoms with E-state index in [1.54, 1.807) is 31.1 Å². The quantitative estimate of drug-likeness (QED) is 0.451. The van der Waals surface area contributed by atoms with E-state index in [0.29, 0.717) is 0 Å². The molecule has 2 heteroatoms. The molecule has 0 atom stereocenters. The van der Waals surface area contributed by atoms with E-state index < -0.39 is 0 Å². The van der Waals surface area contributed by atoms with E-state index in [9.17, 15) is 0 Å². The van der Waals surface area contributed by atoms with Gasteiger partial charge in [0.1, 0.15) is 0 Å². The van der Waals surface area contributed by atoms with Crippen molar-refractivity contribution in [2.45, 2.75) is 17.4 Å². The number of halogens is 1. The Hall–Kier alpha value is 0.913. The SMILES string of the molecule is Cl.[Zn][CH]1CC1. The summed E-state index contributed by atoms with van der Waals surface area (Å²) in [6.45, 7) is 0. The van der Waals surface area contributed by atoms with Gasteiger partial charge in [0, 0.05) is 0 Å². The van der Waals surface area contributed by atoms with Crippen LogP contribution in [0.25, 0.3) is 0 Å². The van der Waals surface area contributed by atoms with Crippen molar-refractivity contribution < 1.29 is 18.3 Å². The zero-order valence-corrected chi connectivity index (χ0v) is 6.89. The molecule has 0 amide bonds. The Bertz CT molecular complexity index is 26.1. The van der Waals surface area contributed by atoms with E-state index in [4.69, 9.17) is 0 Å². The van der Waals surface area contributed by atoms with Gasteiger partial charge in [-0.1, -0.05) is 0 Å². The predicted molar refractivity (Wildman–Crippen MR) is 20.2 cm³/mol. The van der Waals surface area contributed by atoms with Crippen LogP contribution in [0.3, 0.4) is 0 Å². The van der Waals surface area contributed by atoms with Crippen molar-refractivity contribution in [3.05, 3.63) is 0 Å². The Balaban J connectivity index is 0.000000160. The van der Waals surface area contributed by atoms with Gasteiger partial charge in [-0.15, -0.1) is 12.4 Å². The van der Waals surface area contributed by atoms with Crippen LogP contribution in [0.15, 0.2) is 0 Å². The van der Waals surface area contributed by atoms with Gasteiger partial charge in [-0.05, 0) is 0 Å². The molecule has 1 saturated carbocycles. The molecular weight excluding hydrogens is 137 g/mol. The summed E-state index contributed by atoms with van der Waals surface area (Å²) in [5.41, 5.74) is 0. The number of hydrogen-bond donors (Lipinski definition) is 0. The third kappa shape index (κ3) is 2.72. The molecule has 0 aromatic heterocycles. The predicted octanol–water partition coefficient (Wildman–Crippen LogP) is 1.54. The molecule has 1 aliphatic rings. The molecule has 0 saturated heterocycles. The molecule has 27 valence electrons. The first-order valence-corrected chi connectivity index (χ1v) is 3.44. The first kappa shape index (κ1) is 5.91. The maximum atomic E-state index is 1.54. The third-order valence-corrected chi connectivity index (χ3v) is 2.41. The number of rotatable bonds is 0.